The number of aromatic nitrogens is 4. The fourth-order valence-corrected chi connectivity index (χ4v) is 4.68. The summed E-state index contributed by atoms with van der Waals surface area (Å²) < 4.78 is 20.6. The van der Waals surface area contributed by atoms with Crippen molar-refractivity contribution in [1.29, 1.82) is 0 Å². The van der Waals surface area contributed by atoms with Crippen LogP contribution in [0.1, 0.15) is 18.9 Å². The molecule has 8 nitrogen and oxygen atoms in total. The normalized spacial score (nSPS) is 19.2. The summed E-state index contributed by atoms with van der Waals surface area (Å²) in [6.45, 7) is 3.98. The number of ether oxygens (including phenoxy) is 3. The standard InChI is InChI=1S/C27H27Cl2N5O3/c1-2-10-31-26-32-11-9-25(33-26)19-3-6-21(7-4-19)35-15-22-16-36-27(37-22,17-34-13-12-30-18-34)23-8-5-20(28)14-24(23)29/h3-9,11-14,18,22H,2,10,15-17H2,1H3,(H,31,32,33). The molecule has 192 valence electrons. The Morgan fingerprint density at radius 3 is 2.76 bits per heavy atom. The van der Waals surface area contributed by atoms with Gasteiger partial charge in [-0.3, -0.25) is 0 Å². The third-order valence-corrected chi connectivity index (χ3v) is 6.47. The van der Waals surface area contributed by atoms with Crippen LogP contribution >= 0.6 is 23.2 Å². The van der Waals surface area contributed by atoms with Crippen LogP contribution in [0.2, 0.25) is 10.0 Å². The summed E-state index contributed by atoms with van der Waals surface area (Å²) in [6.07, 6.45) is 7.73. The Morgan fingerprint density at radius 1 is 1.14 bits per heavy atom. The van der Waals surface area contributed by atoms with Crippen molar-refractivity contribution in [1.82, 2.24) is 19.5 Å². The minimum absolute atomic E-state index is 0.302. The van der Waals surface area contributed by atoms with Gasteiger partial charge in [0.1, 0.15) is 18.5 Å². The van der Waals surface area contributed by atoms with Crippen LogP contribution < -0.4 is 10.1 Å². The van der Waals surface area contributed by atoms with Gasteiger partial charge in [-0.1, -0.05) is 36.2 Å². The van der Waals surface area contributed by atoms with Crippen molar-refractivity contribution in [3.8, 4) is 17.0 Å². The highest BCUT2D eigenvalue weighted by molar-refractivity contribution is 6.35. The molecule has 0 saturated carbocycles. The molecule has 0 aliphatic carbocycles. The topological polar surface area (TPSA) is 83.3 Å². The number of hydrogen-bond acceptors (Lipinski definition) is 7. The lowest BCUT2D eigenvalue weighted by Crippen LogP contribution is -2.34. The highest BCUT2D eigenvalue weighted by Gasteiger charge is 2.45. The van der Waals surface area contributed by atoms with Crippen LogP contribution in [0.5, 0.6) is 5.75 Å². The molecule has 2 atom stereocenters. The van der Waals surface area contributed by atoms with Gasteiger partial charge in [-0.25, -0.2) is 15.0 Å². The van der Waals surface area contributed by atoms with E-state index in [0.717, 1.165) is 30.0 Å². The molecule has 0 spiro atoms. The van der Waals surface area contributed by atoms with E-state index in [-0.39, 0.29) is 6.10 Å². The number of nitrogens with zero attached hydrogens (tertiary/aromatic N) is 4. The van der Waals surface area contributed by atoms with Gasteiger partial charge in [0, 0.05) is 41.3 Å². The molecular formula is C27H27Cl2N5O3. The number of anilines is 1. The van der Waals surface area contributed by atoms with Gasteiger partial charge in [0.2, 0.25) is 11.7 Å². The summed E-state index contributed by atoms with van der Waals surface area (Å²) in [5, 5.41) is 4.23. The molecule has 0 bridgehead atoms. The first-order valence-corrected chi connectivity index (χ1v) is 12.8. The van der Waals surface area contributed by atoms with Gasteiger partial charge in [0.05, 0.1) is 30.2 Å². The van der Waals surface area contributed by atoms with Gasteiger partial charge in [-0.2, -0.15) is 0 Å². The van der Waals surface area contributed by atoms with E-state index in [9.17, 15) is 0 Å². The van der Waals surface area contributed by atoms with Gasteiger partial charge in [0.15, 0.2) is 0 Å². The predicted octanol–water partition coefficient (Wildman–Crippen LogP) is 5.82. The molecule has 2 aromatic heterocycles. The molecule has 1 saturated heterocycles. The summed E-state index contributed by atoms with van der Waals surface area (Å²) in [6, 6.07) is 15.0. The smallest absolute Gasteiger partial charge is 0.223 e. The molecule has 1 aliphatic rings. The maximum Gasteiger partial charge on any atom is 0.223 e. The highest BCUT2D eigenvalue weighted by atomic mass is 35.5. The molecule has 0 radical (unpaired) electrons. The second kappa shape index (κ2) is 11.5. The zero-order valence-electron chi connectivity index (χ0n) is 20.3. The quantitative estimate of drug-likeness (QED) is 0.272. The Labute approximate surface area is 225 Å². The average Bonchev–Trinajstić information content (AvgIpc) is 3.57. The van der Waals surface area contributed by atoms with Gasteiger partial charge in [-0.15, -0.1) is 0 Å². The second-order valence-electron chi connectivity index (χ2n) is 8.69. The number of imidazole rings is 1. The Hall–Kier alpha value is -3.17. The highest BCUT2D eigenvalue weighted by Crippen LogP contribution is 2.40. The number of benzene rings is 2. The number of nitrogens with one attached hydrogen (secondary N) is 1. The summed E-state index contributed by atoms with van der Waals surface area (Å²) in [7, 11) is 0. The van der Waals surface area contributed by atoms with Gasteiger partial charge < -0.3 is 24.1 Å². The van der Waals surface area contributed by atoms with Crippen molar-refractivity contribution in [2.45, 2.75) is 31.8 Å². The van der Waals surface area contributed by atoms with Crippen molar-refractivity contribution in [3.63, 3.8) is 0 Å². The number of halogens is 2. The third-order valence-electron chi connectivity index (χ3n) is 5.93. The average molecular weight is 540 g/mol. The largest absolute Gasteiger partial charge is 0.491 e. The molecule has 2 unspecified atom stereocenters. The van der Waals surface area contributed by atoms with Crippen LogP contribution in [0.25, 0.3) is 11.3 Å². The molecule has 1 fully saturated rings. The second-order valence-corrected chi connectivity index (χ2v) is 9.53. The zero-order chi connectivity index (χ0) is 25.7. The Kier molecular flexibility index (Phi) is 7.90. The molecule has 1 aliphatic heterocycles. The van der Waals surface area contributed by atoms with E-state index < -0.39 is 5.79 Å². The minimum atomic E-state index is -1.09. The van der Waals surface area contributed by atoms with Crippen LogP contribution in [0.4, 0.5) is 5.95 Å². The van der Waals surface area contributed by atoms with E-state index in [0.29, 0.717) is 41.3 Å². The minimum Gasteiger partial charge on any atom is -0.491 e. The molecule has 37 heavy (non-hydrogen) atoms. The Bertz CT molecular complexity index is 1320. The van der Waals surface area contributed by atoms with Crippen LogP contribution in [-0.4, -0.2) is 45.4 Å². The third kappa shape index (κ3) is 6.05. The van der Waals surface area contributed by atoms with Crippen molar-refractivity contribution in [2.75, 3.05) is 25.1 Å². The SMILES string of the molecule is CCCNc1nccc(-c2ccc(OCC3COC(Cn4ccnc4)(c4ccc(Cl)cc4Cl)O3)cc2)n1. The van der Waals surface area contributed by atoms with Crippen molar-refractivity contribution < 1.29 is 14.2 Å². The summed E-state index contributed by atoms with van der Waals surface area (Å²) in [5.74, 6) is 0.261. The molecule has 4 aromatic rings. The van der Waals surface area contributed by atoms with Gasteiger partial charge in [-0.05, 0) is 48.9 Å². The molecule has 5 rings (SSSR count). The fraction of sp³-hybridized carbons (Fsp3) is 0.296. The first-order chi connectivity index (χ1) is 18.0. The molecule has 10 heteroatoms. The van der Waals surface area contributed by atoms with Crippen LogP contribution in [0.3, 0.4) is 0 Å². The maximum atomic E-state index is 6.55. The van der Waals surface area contributed by atoms with E-state index in [1.807, 2.05) is 47.2 Å². The van der Waals surface area contributed by atoms with Crippen molar-refractivity contribution in [2.24, 2.45) is 0 Å². The predicted molar refractivity (Wildman–Crippen MR) is 143 cm³/mol. The van der Waals surface area contributed by atoms with E-state index in [4.69, 9.17) is 37.4 Å². The van der Waals surface area contributed by atoms with Crippen molar-refractivity contribution >= 4 is 29.2 Å². The number of rotatable bonds is 10. The summed E-state index contributed by atoms with van der Waals surface area (Å²) >= 11 is 12.7. The van der Waals surface area contributed by atoms with E-state index >= 15 is 0 Å². The molecule has 2 aromatic carbocycles. The van der Waals surface area contributed by atoms with Crippen LogP contribution in [0, 0.1) is 0 Å². The lowest BCUT2D eigenvalue weighted by atomic mass is 10.1. The lowest BCUT2D eigenvalue weighted by molar-refractivity contribution is -0.189. The Morgan fingerprint density at radius 2 is 2.00 bits per heavy atom. The summed E-state index contributed by atoms with van der Waals surface area (Å²) in [4.78, 5) is 13.0. The van der Waals surface area contributed by atoms with E-state index in [1.54, 1.807) is 30.9 Å². The number of hydrogen-bond donors (Lipinski definition) is 1. The van der Waals surface area contributed by atoms with Crippen LogP contribution in [-0.2, 0) is 21.8 Å². The van der Waals surface area contributed by atoms with E-state index in [1.165, 1.54) is 0 Å². The molecule has 3 heterocycles. The van der Waals surface area contributed by atoms with Gasteiger partial charge >= 0.3 is 0 Å². The summed E-state index contributed by atoms with van der Waals surface area (Å²) in [5.41, 5.74) is 2.53. The first-order valence-electron chi connectivity index (χ1n) is 12.1. The van der Waals surface area contributed by atoms with Gasteiger partial charge in [0.25, 0.3) is 0 Å². The zero-order valence-corrected chi connectivity index (χ0v) is 21.8. The lowest BCUT2D eigenvalue weighted by Gasteiger charge is -2.30. The van der Waals surface area contributed by atoms with Crippen molar-refractivity contribution in [3.05, 3.63) is 89.1 Å². The van der Waals surface area contributed by atoms with Crippen LogP contribution in [0.15, 0.2) is 73.4 Å². The fourth-order valence-electron chi connectivity index (χ4n) is 4.13. The first kappa shape index (κ1) is 25.5. The van der Waals surface area contributed by atoms with E-state index in [2.05, 4.69) is 27.2 Å². The Balaban J connectivity index is 1.25. The molecule has 0 amide bonds. The molecular weight excluding hydrogens is 513 g/mol. The monoisotopic (exact) mass is 539 g/mol. The maximum absolute atomic E-state index is 6.55. The molecule has 1 N–H and O–H groups in total.